The van der Waals surface area contributed by atoms with Crippen molar-refractivity contribution in [3.8, 4) is 16.8 Å². The lowest BCUT2D eigenvalue weighted by Gasteiger charge is -2.16. The fraction of sp³-hybridized carbons (Fsp3) is 0.143. The number of benzene rings is 1. The Morgan fingerprint density at radius 1 is 1.39 bits per heavy atom. The monoisotopic (exact) mass is 453 g/mol. The van der Waals surface area contributed by atoms with Crippen molar-refractivity contribution >= 4 is 39.9 Å². The molecule has 1 unspecified atom stereocenters. The molecule has 4 aromatic rings. The van der Waals surface area contributed by atoms with Gasteiger partial charge in [-0.1, -0.05) is 17.7 Å². The number of carbonyl (C=O) groups is 1. The third kappa shape index (κ3) is 3.96. The van der Waals surface area contributed by atoms with E-state index in [1.807, 2.05) is 6.07 Å². The number of ether oxygens (including phenoxy) is 1. The molecule has 0 saturated heterocycles. The third-order valence-electron chi connectivity index (χ3n) is 4.67. The molecule has 0 spiro atoms. The first-order valence-corrected chi connectivity index (χ1v) is 10.3. The Balaban J connectivity index is 1.72. The van der Waals surface area contributed by atoms with Gasteiger partial charge < -0.3 is 15.6 Å². The first kappa shape index (κ1) is 20.8. The van der Waals surface area contributed by atoms with Crippen LogP contribution in [0.5, 0.6) is 5.75 Å². The van der Waals surface area contributed by atoms with Crippen LogP contribution in [0.1, 0.15) is 39.5 Å². The van der Waals surface area contributed by atoms with Gasteiger partial charge in [0.05, 0.1) is 35.6 Å². The number of aliphatic hydroxyl groups excluding tert-OH is 1. The van der Waals surface area contributed by atoms with Gasteiger partial charge in [-0.05, 0) is 25.1 Å². The van der Waals surface area contributed by atoms with Gasteiger partial charge in [0.15, 0.2) is 0 Å². The Morgan fingerprint density at radius 3 is 2.87 bits per heavy atom. The average molecular weight is 454 g/mol. The smallest absolute Gasteiger partial charge is 0.262 e. The summed E-state index contributed by atoms with van der Waals surface area (Å²) in [5, 5.41) is 19.5. The fourth-order valence-electron chi connectivity index (χ4n) is 3.14. The zero-order chi connectivity index (χ0) is 22.1. The van der Waals surface area contributed by atoms with Gasteiger partial charge in [0.2, 0.25) is 0 Å². The van der Waals surface area contributed by atoms with Gasteiger partial charge in [0.1, 0.15) is 33.6 Å². The molecule has 0 radical (unpaired) electrons. The zero-order valence-corrected chi connectivity index (χ0v) is 17.8. The molecule has 0 fully saturated rings. The third-order valence-corrected chi connectivity index (χ3v) is 6.13. The zero-order valence-electron chi connectivity index (χ0n) is 16.2. The van der Waals surface area contributed by atoms with Crippen molar-refractivity contribution in [2.24, 2.45) is 5.73 Å². The summed E-state index contributed by atoms with van der Waals surface area (Å²) in [6, 6.07) is 10.4. The van der Waals surface area contributed by atoms with Crippen molar-refractivity contribution in [2.45, 2.75) is 19.6 Å². The predicted octanol–water partition coefficient (Wildman–Crippen LogP) is 3.74. The molecule has 31 heavy (non-hydrogen) atoms. The highest BCUT2D eigenvalue weighted by Crippen LogP contribution is 2.37. The lowest BCUT2D eigenvalue weighted by molar-refractivity contribution is 0.0998. The van der Waals surface area contributed by atoms with Crippen molar-refractivity contribution in [3.05, 3.63) is 69.6 Å². The van der Waals surface area contributed by atoms with Crippen molar-refractivity contribution in [1.82, 2.24) is 14.5 Å². The summed E-state index contributed by atoms with van der Waals surface area (Å²) in [5.74, 6) is -0.301. The number of rotatable bonds is 6. The van der Waals surface area contributed by atoms with E-state index < -0.39 is 12.0 Å². The summed E-state index contributed by atoms with van der Waals surface area (Å²) >= 11 is 7.46. The summed E-state index contributed by atoms with van der Waals surface area (Å²) in [7, 11) is 0. The number of carbonyl (C=O) groups excluding carboxylic acids is 1. The number of pyridine rings is 1. The maximum absolute atomic E-state index is 12.1. The van der Waals surface area contributed by atoms with E-state index in [-0.39, 0.29) is 11.5 Å². The number of thiophene rings is 1. The standard InChI is InChI=1S/C21H16ClN5O3S/c1-11(14-3-2-12(7-23)4-15(14)22)30-18-6-19(31-20(18)21(24)29)27-10-26-16-8-25-13(9-28)5-17(16)27/h2-6,8,10-11,28H,9H2,1H3,(H2,24,29). The van der Waals surface area contributed by atoms with E-state index in [2.05, 4.69) is 9.97 Å². The molecule has 3 N–H and O–H groups in total. The first-order valence-electron chi connectivity index (χ1n) is 9.14. The number of primary amides is 1. The van der Waals surface area contributed by atoms with Crippen LogP contribution in [0, 0.1) is 11.3 Å². The molecule has 3 aromatic heterocycles. The Bertz CT molecular complexity index is 1340. The maximum Gasteiger partial charge on any atom is 0.262 e. The molecule has 0 saturated carbocycles. The molecule has 1 aromatic carbocycles. The lowest BCUT2D eigenvalue weighted by Crippen LogP contribution is -2.12. The molecule has 0 bridgehead atoms. The largest absolute Gasteiger partial charge is 0.484 e. The summed E-state index contributed by atoms with van der Waals surface area (Å²) < 4.78 is 7.82. The minimum atomic E-state index is -0.619. The van der Waals surface area contributed by atoms with Crippen molar-refractivity contribution < 1.29 is 14.6 Å². The first-order chi connectivity index (χ1) is 14.9. The molecule has 1 atom stereocenters. The van der Waals surface area contributed by atoms with Gasteiger partial charge in [-0.25, -0.2) is 4.98 Å². The molecule has 0 aliphatic carbocycles. The lowest BCUT2D eigenvalue weighted by atomic mass is 10.1. The van der Waals surface area contributed by atoms with E-state index in [0.717, 1.165) is 5.52 Å². The number of aliphatic hydroxyl groups is 1. The molecular weight excluding hydrogens is 438 g/mol. The van der Waals surface area contributed by atoms with Crippen LogP contribution < -0.4 is 10.5 Å². The topological polar surface area (TPSA) is 127 Å². The average Bonchev–Trinajstić information content (AvgIpc) is 3.36. The normalized spacial score (nSPS) is 11.9. The molecule has 1 amide bonds. The van der Waals surface area contributed by atoms with Crippen LogP contribution in [0.4, 0.5) is 0 Å². The molecule has 0 aliphatic rings. The van der Waals surface area contributed by atoms with Crippen LogP contribution in [0.15, 0.2) is 42.9 Å². The highest BCUT2D eigenvalue weighted by atomic mass is 35.5. The van der Waals surface area contributed by atoms with Gasteiger partial charge >= 0.3 is 0 Å². The number of hydrogen-bond acceptors (Lipinski definition) is 7. The maximum atomic E-state index is 12.1. The van der Waals surface area contributed by atoms with Crippen molar-refractivity contribution in [3.63, 3.8) is 0 Å². The number of imidazole rings is 1. The Morgan fingerprint density at radius 2 is 2.19 bits per heavy atom. The number of fused-ring (bicyclic) bond motifs is 1. The highest BCUT2D eigenvalue weighted by molar-refractivity contribution is 7.16. The van der Waals surface area contributed by atoms with E-state index in [0.29, 0.717) is 38.1 Å². The summed E-state index contributed by atoms with van der Waals surface area (Å²) in [6.07, 6.45) is 2.69. The number of nitrogens with two attached hydrogens (primary N) is 1. The van der Waals surface area contributed by atoms with E-state index in [9.17, 15) is 9.90 Å². The van der Waals surface area contributed by atoms with Gasteiger partial charge in [-0.3, -0.25) is 14.3 Å². The van der Waals surface area contributed by atoms with Crippen LogP contribution in [0.3, 0.4) is 0 Å². The van der Waals surface area contributed by atoms with Crippen LogP contribution in [-0.2, 0) is 6.61 Å². The Labute approximate surface area is 186 Å². The molecular formula is C21H16ClN5O3S. The molecule has 8 nitrogen and oxygen atoms in total. The van der Waals surface area contributed by atoms with Crippen LogP contribution in [-0.4, -0.2) is 25.5 Å². The second-order valence-electron chi connectivity index (χ2n) is 6.69. The van der Waals surface area contributed by atoms with E-state index in [4.69, 9.17) is 27.3 Å². The Kier molecular flexibility index (Phi) is 5.61. The second-order valence-corrected chi connectivity index (χ2v) is 8.13. The van der Waals surface area contributed by atoms with Gasteiger partial charge in [0, 0.05) is 16.7 Å². The van der Waals surface area contributed by atoms with Crippen molar-refractivity contribution in [2.75, 3.05) is 0 Å². The number of amides is 1. The van der Waals surface area contributed by atoms with Crippen LogP contribution in [0.2, 0.25) is 5.02 Å². The van der Waals surface area contributed by atoms with Gasteiger partial charge in [0.25, 0.3) is 5.91 Å². The molecule has 156 valence electrons. The van der Waals surface area contributed by atoms with Gasteiger partial charge in [-0.15, -0.1) is 11.3 Å². The van der Waals surface area contributed by atoms with Crippen LogP contribution in [0.25, 0.3) is 16.0 Å². The van der Waals surface area contributed by atoms with E-state index in [1.165, 1.54) is 11.3 Å². The number of hydrogen-bond donors (Lipinski definition) is 2. The minimum absolute atomic E-state index is 0.199. The summed E-state index contributed by atoms with van der Waals surface area (Å²) in [6.45, 7) is 1.59. The van der Waals surface area contributed by atoms with E-state index in [1.54, 1.807) is 54.3 Å². The molecule has 4 rings (SSSR count). The number of aromatic nitrogens is 3. The number of halogens is 1. The second kappa shape index (κ2) is 8.35. The number of nitriles is 1. The highest BCUT2D eigenvalue weighted by Gasteiger charge is 2.21. The fourth-order valence-corrected chi connectivity index (χ4v) is 4.40. The van der Waals surface area contributed by atoms with Crippen molar-refractivity contribution in [1.29, 1.82) is 5.26 Å². The summed E-state index contributed by atoms with van der Waals surface area (Å²) in [5.41, 5.74) is 8.58. The van der Waals surface area contributed by atoms with Gasteiger partial charge in [-0.2, -0.15) is 5.26 Å². The summed E-state index contributed by atoms with van der Waals surface area (Å²) in [4.78, 5) is 20.8. The van der Waals surface area contributed by atoms with E-state index >= 15 is 0 Å². The SMILES string of the molecule is CC(Oc1cc(-n2cnc3cnc(CO)cc32)sc1C(N)=O)c1ccc(C#N)cc1Cl. The molecule has 10 heteroatoms. The predicted molar refractivity (Wildman–Crippen MR) is 116 cm³/mol. The molecule has 3 heterocycles. The number of nitrogens with zero attached hydrogens (tertiary/aromatic N) is 4. The molecule has 0 aliphatic heterocycles. The quantitative estimate of drug-likeness (QED) is 0.457. The Hall–Kier alpha value is -3.45. The van der Waals surface area contributed by atoms with Crippen LogP contribution >= 0.6 is 22.9 Å². The minimum Gasteiger partial charge on any atom is -0.484 e.